The molecule has 0 atom stereocenters. The van der Waals surface area contributed by atoms with Gasteiger partial charge in [0, 0.05) is 23.4 Å². The van der Waals surface area contributed by atoms with Crippen LogP contribution in [0.1, 0.15) is 5.56 Å². The molecular weight excluding hydrogens is 383 g/mol. The molecule has 0 spiro atoms. The summed E-state index contributed by atoms with van der Waals surface area (Å²) in [5.41, 5.74) is 2.18. The molecule has 0 aliphatic carbocycles. The second-order valence-electron chi connectivity index (χ2n) is 5.86. The summed E-state index contributed by atoms with van der Waals surface area (Å²) >= 11 is 1.20. The van der Waals surface area contributed by atoms with Gasteiger partial charge in [-0.25, -0.2) is 4.39 Å². The van der Waals surface area contributed by atoms with E-state index >= 15 is 0 Å². The minimum absolute atomic E-state index is 0.00311. The average Bonchev–Trinajstić information content (AvgIpc) is 2.70. The van der Waals surface area contributed by atoms with Gasteiger partial charge in [0.15, 0.2) is 0 Å². The molecule has 0 aliphatic heterocycles. The molecule has 2 aromatic carbocycles. The fourth-order valence-corrected chi connectivity index (χ4v) is 2.93. The molecular formula is C19H15FN4O3S. The van der Waals surface area contributed by atoms with E-state index in [-0.39, 0.29) is 23.2 Å². The Hall–Kier alpha value is -3.33. The Morgan fingerprint density at radius 1 is 1.14 bits per heavy atom. The van der Waals surface area contributed by atoms with Crippen molar-refractivity contribution < 1.29 is 14.1 Å². The first kappa shape index (κ1) is 19.4. The predicted octanol–water partition coefficient (Wildman–Crippen LogP) is 4.23. The molecule has 0 unspecified atom stereocenters. The Bertz CT molecular complexity index is 1010. The second kappa shape index (κ2) is 8.57. The quantitative estimate of drug-likeness (QED) is 0.379. The molecule has 3 rings (SSSR count). The van der Waals surface area contributed by atoms with Gasteiger partial charge in [-0.15, -0.1) is 10.2 Å². The smallest absolute Gasteiger partial charge is 0.269 e. The van der Waals surface area contributed by atoms with E-state index < -0.39 is 4.92 Å². The minimum atomic E-state index is -0.467. The average molecular weight is 398 g/mol. The van der Waals surface area contributed by atoms with E-state index in [1.165, 1.54) is 30.0 Å². The van der Waals surface area contributed by atoms with Gasteiger partial charge in [0.25, 0.3) is 5.69 Å². The fourth-order valence-electron chi connectivity index (χ4n) is 2.31. The number of non-ortho nitro benzene ring substituents is 1. The number of aryl methyl sites for hydroxylation is 1. The van der Waals surface area contributed by atoms with Gasteiger partial charge in [0.1, 0.15) is 10.8 Å². The number of benzene rings is 2. The second-order valence-corrected chi connectivity index (χ2v) is 6.86. The Balaban J connectivity index is 1.57. The Morgan fingerprint density at radius 2 is 1.89 bits per heavy atom. The van der Waals surface area contributed by atoms with Crippen LogP contribution in [0.2, 0.25) is 0 Å². The zero-order valence-electron chi connectivity index (χ0n) is 14.8. The maximum atomic E-state index is 13.5. The lowest BCUT2D eigenvalue weighted by Gasteiger charge is -2.06. The highest BCUT2D eigenvalue weighted by Gasteiger charge is 2.09. The molecule has 0 aliphatic rings. The van der Waals surface area contributed by atoms with Crippen LogP contribution in [-0.2, 0) is 4.79 Å². The van der Waals surface area contributed by atoms with Gasteiger partial charge in [0.2, 0.25) is 5.91 Å². The van der Waals surface area contributed by atoms with Crippen molar-refractivity contribution in [3.8, 4) is 11.3 Å². The third-order valence-electron chi connectivity index (χ3n) is 3.82. The molecule has 1 amide bonds. The van der Waals surface area contributed by atoms with Crippen molar-refractivity contribution in [1.82, 2.24) is 10.2 Å². The predicted molar refractivity (Wildman–Crippen MR) is 105 cm³/mol. The van der Waals surface area contributed by atoms with Crippen molar-refractivity contribution in [3.63, 3.8) is 0 Å². The molecule has 9 heteroatoms. The van der Waals surface area contributed by atoms with Gasteiger partial charge in [-0.3, -0.25) is 14.9 Å². The number of amides is 1. The van der Waals surface area contributed by atoms with E-state index in [4.69, 9.17) is 0 Å². The summed E-state index contributed by atoms with van der Waals surface area (Å²) in [7, 11) is 0. The number of nitro groups is 1. The number of hydrogen-bond donors (Lipinski definition) is 1. The Kier molecular flexibility index (Phi) is 5.95. The van der Waals surface area contributed by atoms with Crippen LogP contribution in [0.4, 0.5) is 15.8 Å². The topological polar surface area (TPSA) is 98.0 Å². The fraction of sp³-hybridized carbons (Fsp3) is 0.105. The Morgan fingerprint density at radius 3 is 2.50 bits per heavy atom. The highest BCUT2D eigenvalue weighted by molar-refractivity contribution is 7.99. The lowest BCUT2D eigenvalue weighted by Crippen LogP contribution is -2.14. The van der Waals surface area contributed by atoms with Crippen LogP contribution < -0.4 is 5.32 Å². The largest absolute Gasteiger partial charge is 0.325 e. The number of nitro benzene ring substituents is 1. The molecule has 1 heterocycles. The van der Waals surface area contributed by atoms with Crippen LogP contribution in [0.3, 0.4) is 0 Å². The molecule has 1 aromatic heterocycles. The number of carbonyl (C=O) groups is 1. The van der Waals surface area contributed by atoms with Crippen LogP contribution in [-0.4, -0.2) is 26.8 Å². The molecule has 0 saturated heterocycles. The number of nitrogens with one attached hydrogen (secondary N) is 1. The summed E-state index contributed by atoms with van der Waals surface area (Å²) in [5.74, 6) is -0.561. The highest BCUT2D eigenvalue weighted by Crippen LogP contribution is 2.22. The van der Waals surface area contributed by atoms with Crippen molar-refractivity contribution in [3.05, 3.63) is 76.1 Å². The summed E-state index contributed by atoms with van der Waals surface area (Å²) < 4.78 is 13.5. The first-order chi connectivity index (χ1) is 13.4. The Labute approximate surface area is 164 Å². The molecule has 0 fully saturated rings. The lowest BCUT2D eigenvalue weighted by atomic mass is 10.1. The van der Waals surface area contributed by atoms with Crippen LogP contribution in [0.25, 0.3) is 11.3 Å². The van der Waals surface area contributed by atoms with Crippen LogP contribution in [0, 0.1) is 22.9 Å². The number of halogens is 1. The van der Waals surface area contributed by atoms with E-state index in [2.05, 4.69) is 15.5 Å². The van der Waals surface area contributed by atoms with E-state index in [0.717, 1.165) is 0 Å². The van der Waals surface area contributed by atoms with Gasteiger partial charge in [-0.1, -0.05) is 17.8 Å². The molecule has 0 saturated carbocycles. The first-order valence-electron chi connectivity index (χ1n) is 8.20. The monoisotopic (exact) mass is 398 g/mol. The third-order valence-corrected chi connectivity index (χ3v) is 4.74. The highest BCUT2D eigenvalue weighted by atomic mass is 32.2. The SMILES string of the molecule is Cc1ccc(NC(=O)CSc2ccc(-c3ccc([N+](=O)[O-])cc3)nn2)cc1F. The number of anilines is 1. The van der Waals surface area contributed by atoms with Gasteiger partial charge < -0.3 is 5.32 Å². The van der Waals surface area contributed by atoms with Crippen molar-refractivity contribution in [1.29, 1.82) is 0 Å². The van der Waals surface area contributed by atoms with Crippen molar-refractivity contribution >= 4 is 29.0 Å². The molecule has 0 bridgehead atoms. The number of aromatic nitrogens is 2. The van der Waals surface area contributed by atoms with Gasteiger partial charge in [-0.2, -0.15) is 0 Å². The van der Waals surface area contributed by atoms with Gasteiger partial charge in [-0.05, 0) is 48.9 Å². The van der Waals surface area contributed by atoms with E-state index in [9.17, 15) is 19.3 Å². The van der Waals surface area contributed by atoms with Crippen LogP contribution >= 0.6 is 11.8 Å². The number of carbonyl (C=O) groups excluding carboxylic acids is 1. The third kappa shape index (κ3) is 4.89. The number of hydrogen-bond acceptors (Lipinski definition) is 6. The molecule has 142 valence electrons. The molecule has 28 heavy (non-hydrogen) atoms. The molecule has 7 nitrogen and oxygen atoms in total. The van der Waals surface area contributed by atoms with E-state index in [1.807, 2.05) is 0 Å². The maximum Gasteiger partial charge on any atom is 0.269 e. The van der Waals surface area contributed by atoms with E-state index in [1.54, 1.807) is 43.3 Å². The number of rotatable bonds is 6. The zero-order chi connectivity index (χ0) is 20.1. The molecule has 3 aromatic rings. The summed E-state index contributed by atoms with van der Waals surface area (Å²) in [6.45, 7) is 1.65. The summed E-state index contributed by atoms with van der Waals surface area (Å²) in [6.07, 6.45) is 0. The number of nitrogens with zero attached hydrogens (tertiary/aromatic N) is 3. The maximum absolute atomic E-state index is 13.5. The zero-order valence-corrected chi connectivity index (χ0v) is 15.6. The van der Waals surface area contributed by atoms with Gasteiger partial charge >= 0.3 is 0 Å². The summed E-state index contributed by atoms with van der Waals surface area (Å²) in [5, 5.41) is 22.0. The number of thioether (sulfide) groups is 1. The van der Waals surface area contributed by atoms with Crippen LogP contribution in [0.15, 0.2) is 59.6 Å². The normalized spacial score (nSPS) is 10.5. The van der Waals surface area contributed by atoms with E-state index in [0.29, 0.717) is 27.5 Å². The van der Waals surface area contributed by atoms with Gasteiger partial charge in [0.05, 0.1) is 16.4 Å². The minimum Gasteiger partial charge on any atom is -0.325 e. The van der Waals surface area contributed by atoms with Crippen molar-refractivity contribution in [2.75, 3.05) is 11.1 Å². The molecule has 1 N–H and O–H groups in total. The van der Waals surface area contributed by atoms with Crippen molar-refractivity contribution in [2.45, 2.75) is 11.9 Å². The first-order valence-corrected chi connectivity index (χ1v) is 9.18. The lowest BCUT2D eigenvalue weighted by molar-refractivity contribution is -0.384. The summed E-state index contributed by atoms with van der Waals surface area (Å²) in [6, 6.07) is 14.0. The summed E-state index contributed by atoms with van der Waals surface area (Å²) in [4.78, 5) is 22.2. The van der Waals surface area contributed by atoms with Crippen molar-refractivity contribution in [2.24, 2.45) is 0 Å². The standard InChI is InChI=1S/C19H15FN4O3S/c1-12-2-5-14(10-16(12)20)21-18(25)11-28-19-9-8-17(22-23-19)13-3-6-15(7-4-13)24(26)27/h2-10H,11H2,1H3,(H,21,25). The molecule has 0 radical (unpaired) electrons. The van der Waals surface area contributed by atoms with Crippen LogP contribution in [0.5, 0.6) is 0 Å².